The van der Waals surface area contributed by atoms with Crippen molar-refractivity contribution in [1.82, 2.24) is 9.97 Å². The highest BCUT2D eigenvalue weighted by Crippen LogP contribution is 2.22. The molecule has 1 amide bonds. The molecule has 3 rings (SSSR count). The van der Waals surface area contributed by atoms with E-state index in [1.54, 1.807) is 37.4 Å². The summed E-state index contributed by atoms with van der Waals surface area (Å²) in [5.74, 6) is 0.809. The van der Waals surface area contributed by atoms with E-state index in [0.29, 0.717) is 22.2 Å². The van der Waals surface area contributed by atoms with E-state index in [-0.39, 0.29) is 5.91 Å². The predicted octanol–water partition coefficient (Wildman–Crippen LogP) is 4.44. The van der Waals surface area contributed by atoms with E-state index < -0.39 is 0 Å². The Morgan fingerprint density at radius 2 is 1.69 bits per heavy atom. The molecule has 2 N–H and O–H groups in total. The van der Waals surface area contributed by atoms with E-state index in [1.165, 1.54) is 12.4 Å². The van der Waals surface area contributed by atoms with Gasteiger partial charge < -0.3 is 15.4 Å². The second-order valence-electron chi connectivity index (χ2n) is 5.57. The number of aryl methyl sites for hydroxylation is 1. The van der Waals surface area contributed by atoms with E-state index in [9.17, 15) is 4.79 Å². The summed E-state index contributed by atoms with van der Waals surface area (Å²) in [7, 11) is 1.59. The Morgan fingerprint density at radius 1 is 1.04 bits per heavy atom. The lowest BCUT2D eigenvalue weighted by Crippen LogP contribution is -2.13. The van der Waals surface area contributed by atoms with Gasteiger partial charge in [0.2, 0.25) is 5.95 Å². The molecule has 1 heterocycles. The molecule has 0 saturated carbocycles. The lowest BCUT2D eigenvalue weighted by atomic mass is 10.2. The number of rotatable bonds is 5. The Bertz CT molecular complexity index is 912. The number of carbonyl (C=O) groups excluding carboxylic acids is 1. The number of ether oxygens (including phenoxy) is 1. The third kappa shape index (κ3) is 4.29. The van der Waals surface area contributed by atoms with Crippen LogP contribution in [-0.2, 0) is 0 Å². The van der Waals surface area contributed by atoms with Gasteiger partial charge in [-0.3, -0.25) is 4.79 Å². The molecule has 0 spiro atoms. The quantitative estimate of drug-likeness (QED) is 0.696. The smallest absolute Gasteiger partial charge is 0.258 e. The molecule has 0 unspecified atom stereocenters. The zero-order valence-corrected chi connectivity index (χ0v) is 15.0. The molecule has 2 aromatic carbocycles. The molecule has 0 fully saturated rings. The van der Waals surface area contributed by atoms with Crippen LogP contribution in [0.25, 0.3) is 0 Å². The first kappa shape index (κ1) is 17.7. The van der Waals surface area contributed by atoms with Gasteiger partial charge in [-0.25, -0.2) is 9.97 Å². The van der Waals surface area contributed by atoms with Crippen molar-refractivity contribution >= 4 is 34.8 Å². The van der Waals surface area contributed by atoms with Gasteiger partial charge in [0.05, 0.1) is 12.7 Å². The third-order valence-corrected chi connectivity index (χ3v) is 4.10. The van der Waals surface area contributed by atoms with Crippen LogP contribution < -0.4 is 15.4 Å². The van der Waals surface area contributed by atoms with Crippen molar-refractivity contribution in [2.75, 3.05) is 17.7 Å². The first-order valence-corrected chi connectivity index (χ1v) is 8.23. The van der Waals surface area contributed by atoms with Gasteiger partial charge in [0, 0.05) is 28.8 Å². The number of hydrogen-bond donors (Lipinski definition) is 2. The van der Waals surface area contributed by atoms with Gasteiger partial charge in [0.1, 0.15) is 5.75 Å². The second-order valence-corrected chi connectivity index (χ2v) is 5.97. The van der Waals surface area contributed by atoms with Crippen LogP contribution in [0.2, 0.25) is 5.02 Å². The maximum absolute atomic E-state index is 12.3. The molecular formula is C19H17ClN4O2. The minimum atomic E-state index is -0.292. The van der Waals surface area contributed by atoms with Crippen molar-refractivity contribution in [3.05, 3.63) is 71.0 Å². The van der Waals surface area contributed by atoms with E-state index in [2.05, 4.69) is 20.6 Å². The summed E-state index contributed by atoms with van der Waals surface area (Å²) in [6.45, 7) is 1.93. The Labute approximate surface area is 156 Å². The summed E-state index contributed by atoms with van der Waals surface area (Å²) in [5, 5.41) is 6.49. The second kappa shape index (κ2) is 7.84. The molecule has 7 heteroatoms. The van der Waals surface area contributed by atoms with Crippen molar-refractivity contribution in [3.63, 3.8) is 0 Å². The molecule has 0 aliphatic heterocycles. The normalized spacial score (nSPS) is 10.3. The standard InChI is InChI=1S/C19H17ClN4O2/c1-12-3-4-15(9-17(12)20)24-19-21-10-13(11-22-19)18(25)23-14-5-7-16(26-2)8-6-14/h3-11H,1-2H3,(H,23,25)(H,21,22,24). The number of methoxy groups -OCH3 is 1. The first-order valence-electron chi connectivity index (χ1n) is 7.86. The Hall–Kier alpha value is -3.12. The number of anilines is 3. The number of nitrogens with zero attached hydrogens (tertiary/aromatic N) is 2. The zero-order chi connectivity index (χ0) is 18.5. The fourth-order valence-corrected chi connectivity index (χ4v) is 2.37. The average Bonchev–Trinajstić information content (AvgIpc) is 2.66. The van der Waals surface area contributed by atoms with Crippen molar-refractivity contribution in [2.24, 2.45) is 0 Å². The van der Waals surface area contributed by atoms with E-state index in [0.717, 1.165) is 17.0 Å². The number of carbonyl (C=O) groups is 1. The summed E-state index contributed by atoms with van der Waals surface area (Å²) in [5.41, 5.74) is 2.78. The van der Waals surface area contributed by atoms with Crippen LogP contribution in [0.4, 0.5) is 17.3 Å². The highest BCUT2D eigenvalue weighted by atomic mass is 35.5. The number of aromatic nitrogens is 2. The molecule has 26 heavy (non-hydrogen) atoms. The van der Waals surface area contributed by atoms with Crippen LogP contribution in [-0.4, -0.2) is 23.0 Å². The van der Waals surface area contributed by atoms with Gasteiger partial charge in [-0.1, -0.05) is 17.7 Å². The third-order valence-electron chi connectivity index (χ3n) is 3.69. The van der Waals surface area contributed by atoms with Crippen LogP contribution in [0.3, 0.4) is 0 Å². The van der Waals surface area contributed by atoms with Crippen LogP contribution >= 0.6 is 11.6 Å². The van der Waals surface area contributed by atoms with Crippen molar-refractivity contribution in [2.45, 2.75) is 6.92 Å². The van der Waals surface area contributed by atoms with Gasteiger partial charge in [-0.15, -0.1) is 0 Å². The molecule has 0 atom stereocenters. The summed E-state index contributed by atoms with van der Waals surface area (Å²) >= 11 is 6.10. The van der Waals surface area contributed by atoms with E-state index in [4.69, 9.17) is 16.3 Å². The monoisotopic (exact) mass is 368 g/mol. The van der Waals surface area contributed by atoms with Crippen LogP contribution in [0.1, 0.15) is 15.9 Å². The number of benzene rings is 2. The van der Waals surface area contributed by atoms with Crippen molar-refractivity contribution in [3.8, 4) is 5.75 Å². The SMILES string of the molecule is COc1ccc(NC(=O)c2cnc(Nc3ccc(C)c(Cl)c3)nc2)cc1. The Kier molecular flexibility index (Phi) is 5.34. The summed E-state index contributed by atoms with van der Waals surface area (Å²) < 4.78 is 5.09. The minimum Gasteiger partial charge on any atom is -0.497 e. The summed E-state index contributed by atoms with van der Waals surface area (Å²) in [4.78, 5) is 20.6. The van der Waals surface area contributed by atoms with Crippen molar-refractivity contribution in [1.29, 1.82) is 0 Å². The highest BCUT2D eigenvalue weighted by molar-refractivity contribution is 6.31. The lowest BCUT2D eigenvalue weighted by molar-refractivity contribution is 0.102. The number of amides is 1. The van der Waals surface area contributed by atoms with E-state index >= 15 is 0 Å². The molecule has 0 bridgehead atoms. The molecule has 0 aliphatic rings. The molecule has 1 aromatic heterocycles. The van der Waals surface area contributed by atoms with Crippen LogP contribution in [0.15, 0.2) is 54.9 Å². The molecule has 0 radical (unpaired) electrons. The molecular weight excluding hydrogens is 352 g/mol. The Balaban J connectivity index is 1.66. The van der Waals surface area contributed by atoms with Crippen molar-refractivity contribution < 1.29 is 9.53 Å². The summed E-state index contributed by atoms with van der Waals surface area (Å²) in [6.07, 6.45) is 2.92. The number of nitrogens with one attached hydrogen (secondary N) is 2. The maximum atomic E-state index is 12.3. The zero-order valence-electron chi connectivity index (χ0n) is 14.3. The summed E-state index contributed by atoms with van der Waals surface area (Å²) in [6, 6.07) is 12.6. The predicted molar refractivity (Wildman–Crippen MR) is 102 cm³/mol. The van der Waals surface area contributed by atoms with Gasteiger partial charge in [-0.2, -0.15) is 0 Å². The fraction of sp³-hybridized carbons (Fsp3) is 0.105. The van der Waals surface area contributed by atoms with Crippen LogP contribution in [0, 0.1) is 6.92 Å². The lowest BCUT2D eigenvalue weighted by Gasteiger charge is -2.08. The van der Waals surface area contributed by atoms with E-state index in [1.807, 2.05) is 19.1 Å². The molecule has 6 nitrogen and oxygen atoms in total. The van der Waals surface area contributed by atoms with Gasteiger partial charge in [-0.05, 0) is 48.9 Å². The Morgan fingerprint density at radius 3 is 2.31 bits per heavy atom. The first-order chi connectivity index (χ1) is 12.5. The van der Waals surface area contributed by atoms with Gasteiger partial charge in [0.25, 0.3) is 5.91 Å². The highest BCUT2D eigenvalue weighted by Gasteiger charge is 2.08. The number of hydrogen-bond acceptors (Lipinski definition) is 5. The average molecular weight is 369 g/mol. The molecule has 0 aliphatic carbocycles. The number of halogens is 1. The largest absolute Gasteiger partial charge is 0.497 e. The minimum absolute atomic E-state index is 0.292. The topological polar surface area (TPSA) is 76.1 Å². The van der Waals surface area contributed by atoms with Gasteiger partial charge >= 0.3 is 0 Å². The molecule has 0 saturated heterocycles. The van der Waals surface area contributed by atoms with Gasteiger partial charge in [0.15, 0.2) is 0 Å². The maximum Gasteiger partial charge on any atom is 0.258 e. The van der Waals surface area contributed by atoms with Crippen LogP contribution in [0.5, 0.6) is 5.75 Å². The fourth-order valence-electron chi connectivity index (χ4n) is 2.19. The molecule has 132 valence electrons. The molecule has 3 aromatic rings.